The summed E-state index contributed by atoms with van der Waals surface area (Å²) in [4.78, 5) is 0. The molecule has 0 spiro atoms. The Morgan fingerprint density at radius 3 is 2.33 bits per heavy atom. The highest BCUT2D eigenvalue weighted by Gasteiger charge is 2.08. The van der Waals surface area contributed by atoms with Crippen LogP contribution in [-0.2, 0) is 4.74 Å². The summed E-state index contributed by atoms with van der Waals surface area (Å²) in [6.45, 7) is 9.02. The minimum atomic E-state index is -0.0244. The summed E-state index contributed by atoms with van der Waals surface area (Å²) < 4.78 is 5.61. The lowest BCUT2D eigenvalue weighted by Gasteiger charge is -2.12. The van der Waals surface area contributed by atoms with Gasteiger partial charge in [-0.05, 0) is 30.5 Å². The van der Waals surface area contributed by atoms with Crippen molar-refractivity contribution in [2.24, 2.45) is 11.8 Å². The van der Waals surface area contributed by atoms with Crippen molar-refractivity contribution in [3.05, 3.63) is 0 Å². The van der Waals surface area contributed by atoms with Gasteiger partial charge < -0.3 is 4.74 Å². The van der Waals surface area contributed by atoms with E-state index in [0.717, 1.165) is 18.8 Å². The first-order valence-electron chi connectivity index (χ1n) is 6.71. The zero-order valence-corrected chi connectivity index (χ0v) is 12.8. The summed E-state index contributed by atoms with van der Waals surface area (Å²) in [5, 5.41) is 10.8. The number of hydrogen-bond acceptors (Lipinski definition) is 3. The Hall–Kier alpha value is -0.640. The lowest BCUT2D eigenvalue weighted by Crippen LogP contribution is -2.08. The molecule has 0 aliphatic carbocycles. The van der Waals surface area contributed by atoms with Gasteiger partial charge >= 0.3 is 0 Å². The summed E-state index contributed by atoms with van der Waals surface area (Å²) in [7, 11) is 0. The number of unbranched alkanes of at least 4 members (excludes halogenated alkanes) is 1. The summed E-state index contributed by atoms with van der Waals surface area (Å²) in [6, 6.07) is 0. The van der Waals surface area contributed by atoms with Gasteiger partial charge in [0.25, 0.3) is 0 Å². The number of hydrogen-bond donors (Lipinski definition) is 0. The molecule has 0 saturated carbocycles. The van der Waals surface area contributed by atoms with Gasteiger partial charge in [-0.2, -0.15) is 5.26 Å². The highest BCUT2D eigenvalue weighted by Crippen LogP contribution is 2.19. The summed E-state index contributed by atoms with van der Waals surface area (Å²) in [5.41, 5.74) is -0.0244. The highest BCUT2D eigenvalue weighted by molar-refractivity contribution is 8.04. The van der Waals surface area contributed by atoms with Gasteiger partial charge in [-0.1, -0.05) is 52.4 Å². The van der Waals surface area contributed by atoms with E-state index in [4.69, 9.17) is 10.00 Å². The van der Waals surface area contributed by atoms with Crippen molar-refractivity contribution in [1.82, 2.24) is 0 Å². The maximum atomic E-state index is 8.72. The van der Waals surface area contributed by atoms with E-state index in [1.165, 1.54) is 24.6 Å². The first-order chi connectivity index (χ1) is 8.56. The van der Waals surface area contributed by atoms with Crippen LogP contribution in [-0.4, -0.2) is 12.0 Å². The molecule has 0 aliphatic rings. The van der Waals surface area contributed by atoms with Gasteiger partial charge in [0, 0.05) is 5.92 Å². The molecule has 0 saturated heterocycles. The number of nitrogens with zero attached hydrogens (tertiary/aromatic N) is 1. The molecule has 0 radical (unpaired) electrons. The maximum absolute atomic E-state index is 8.72. The molecule has 0 aromatic heterocycles. The fourth-order valence-electron chi connectivity index (χ4n) is 1.48. The molecule has 0 aromatic carbocycles. The van der Waals surface area contributed by atoms with E-state index in [1.54, 1.807) is 0 Å². The fraction of sp³-hybridized carbons (Fsp3) is 0.800. The van der Waals surface area contributed by atoms with E-state index in [1.807, 2.05) is 0 Å². The molecule has 0 fully saturated rings. The predicted octanol–water partition coefficient (Wildman–Crippen LogP) is 4.42. The first kappa shape index (κ1) is 17.4. The van der Waals surface area contributed by atoms with Crippen molar-refractivity contribution in [3.8, 4) is 17.2 Å². The number of thioether (sulfide) groups is 1. The quantitative estimate of drug-likeness (QED) is 0.282. The van der Waals surface area contributed by atoms with Crippen LogP contribution in [0.15, 0.2) is 0 Å². The van der Waals surface area contributed by atoms with Gasteiger partial charge in [-0.15, -0.1) is 0 Å². The van der Waals surface area contributed by atoms with Crippen LogP contribution in [0.25, 0.3) is 0 Å². The predicted molar refractivity (Wildman–Crippen MR) is 78.9 cm³/mol. The van der Waals surface area contributed by atoms with Gasteiger partial charge in [0.15, 0.2) is 0 Å². The molecule has 0 bridgehead atoms. The van der Waals surface area contributed by atoms with Crippen LogP contribution in [0.4, 0.5) is 0 Å². The molecular weight excluding hydrogens is 242 g/mol. The van der Waals surface area contributed by atoms with Crippen molar-refractivity contribution in [2.75, 3.05) is 6.61 Å². The summed E-state index contributed by atoms with van der Waals surface area (Å²) in [6.07, 6.45) is 4.52. The van der Waals surface area contributed by atoms with Crippen LogP contribution in [0.5, 0.6) is 0 Å². The van der Waals surface area contributed by atoms with Gasteiger partial charge in [0.2, 0.25) is 0 Å². The van der Waals surface area contributed by atoms with Crippen LogP contribution in [0.3, 0.4) is 0 Å². The molecule has 0 N–H and O–H groups in total. The highest BCUT2D eigenvalue weighted by atomic mass is 32.2. The number of thiocyanates is 1. The second-order valence-corrected chi connectivity index (χ2v) is 6.05. The third-order valence-corrected chi connectivity index (χ3v) is 3.13. The van der Waals surface area contributed by atoms with Crippen LogP contribution in [0, 0.1) is 34.3 Å². The molecule has 2 nitrogen and oxygen atoms in total. The Kier molecular flexibility index (Phi) is 11.0. The molecule has 102 valence electrons. The molecule has 0 heterocycles. The van der Waals surface area contributed by atoms with Crippen LogP contribution >= 0.6 is 11.8 Å². The number of ether oxygens (including phenoxy) is 1. The summed E-state index contributed by atoms with van der Waals surface area (Å²) in [5.74, 6) is 7.18. The first-order valence-corrected chi connectivity index (χ1v) is 7.59. The minimum absolute atomic E-state index is 0.0244. The van der Waals surface area contributed by atoms with Gasteiger partial charge in [0.05, 0.1) is 0 Å². The number of nitriles is 1. The van der Waals surface area contributed by atoms with E-state index in [-0.39, 0.29) is 5.44 Å². The molecule has 1 atom stereocenters. The molecule has 0 rings (SSSR count). The van der Waals surface area contributed by atoms with Crippen molar-refractivity contribution < 1.29 is 4.74 Å². The molecule has 0 unspecified atom stereocenters. The van der Waals surface area contributed by atoms with Gasteiger partial charge in [-0.25, -0.2) is 0 Å². The summed E-state index contributed by atoms with van der Waals surface area (Å²) >= 11 is 1.21. The van der Waals surface area contributed by atoms with E-state index < -0.39 is 0 Å². The molecule has 3 heteroatoms. The van der Waals surface area contributed by atoms with Crippen molar-refractivity contribution >= 4 is 11.8 Å². The third-order valence-electron chi connectivity index (χ3n) is 2.39. The molecule has 0 amide bonds. The smallest absolute Gasteiger partial charge is 0.136 e. The second kappa shape index (κ2) is 11.5. The third kappa shape index (κ3) is 11.8. The molecule has 0 aromatic rings. The zero-order valence-electron chi connectivity index (χ0n) is 12.0. The fourth-order valence-corrected chi connectivity index (χ4v) is 2.02. The molecule has 0 aliphatic heterocycles. The average molecular weight is 267 g/mol. The monoisotopic (exact) mass is 267 g/mol. The van der Waals surface area contributed by atoms with Crippen molar-refractivity contribution in [1.29, 1.82) is 5.26 Å². The topological polar surface area (TPSA) is 33.0 Å². The Bertz CT molecular complexity index is 296. The zero-order chi connectivity index (χ0) is 13.8. The van der Waals surface area contributed by atoms with Crippen LogP contribution in [0.2, 0.25) is 0 Å². The van der Waals surface area contributed by atoms with Crippen LogP contribution in [0.1, 0.15) is 53.4 Å². The minimum Gasteiger partial charge on any atom is -0.354 e. The Morgan fingerprint density at radius 1 is 1.11 bits per heavy atom. The lowest BCUT2D eigenvalue weighted by molar-refractivity contribution is 0.135. The number of rotatable bonds is 8. The lowest BCUT2D eigenvalue weighted by atomic mass is 10.1. The van der Waals surface area contributed by atoms with Crippen molar-refractivity contribution in [3.63, 3.8) is 0 Å². The van der Waals surface area contributed by atoms with Gasteiger partial charge in [0.1, 0.15) is 17.4 Å². The standard InChI is InChI=1S/C15H25NOS/c1-13(2)8-5-6-10-15(18-12-16)17-11-7-9-14(3)4/h13-15H,5-6,8,10-11H2,1-4H3/t15-/m0/s1. The second-order valence-electron chi connectivity index (χ2n) is 5.10. The SMILES string of the molecule is CC(C)C#CCO[C@H](CCCCC(C)C)SC#N. The van der Waals surface area contributed by atoms with Crippen LogP contribution < -0.4 is 0 Å². The maximum Gasteiger partial charge on any atom is 0.136 e. The molecular formula is C15H25NOS. The normalized spacial score (nSPS) is 12.1. The Labute approximate surface area is 116 Å². The van der Waals surface area contributed by atoms with E-state index in [0.29, 0.717) is 12.5 Å². The van der Waals surface area contributed by atoms with E-state index in [9.17, 15) is 0 Å². The van der Waals surface area contributed by atoms with E-state index >= 15 is 0 Å². The van der Waals surface area contributed by atoms with Crippen molar-refractivity contribution in [2.45, 2.75) is 58.8 Å². The largest absolute Gasteiger partial charge is 0.354 e. The average Bonchev–Trinajstić information content (AvgIpc) is 2.29. The van der Waals surface area contributed by atoms with E-state index in [2.05, 4.69) is 44.9 Å². The van der Waals surface area contributed by atoms with Gasteiger partial charge in [-0.3, -0.25) is 0 Å². The Morgan fingerprint density at radius 2 is 1.78 bits per heavy atom. The Balaban J connectivity index is 3.80. The molecule has 18 heavy (non-hydrogen) atoms.